The molecule has 0 bridgehead atoms. The Labute approximate surface area is 160 Å². The molecular weight excluding hydrogens is 338 g/mol. The van der Waals surface area contributed by atoms with Crippen LogP contribution in [0.4, 0.5) is 0 Å². The molecule has 1 amide bonds. The average Bonchev–Trinajstić information content (AvgIpc) is 3.19. The van der Waals surface area contributed by atoms with Gasteiger partial charge in [0.1, 0.15) is 5.75 Å². The zero-order chi connectivity index (χ0) is 19.2. The Bertz CT molecular complexity index is 886. The van der Waals surface area contributed by atoms with Gasteiger partial charge in [-0.3, -0.25) is 4.79 Å². The Morgan fingerprint density at radius 2 is 2.00 bits per heavy atom. The molecule has 0 aliphatic carbocycles. The summed E-state index contributed by atoms with van der Waals surface area (Å²) in [4.78, 5) is 16.7. The lowest BCUT2D eigenvalue weighted by Gasteiger charge is -2.19. The highest BCUT2D eigenvalue weighted by atomic mass is 16.5. The highest BCUT2D eigenvalue weighted by Gasteiger charge is 2.15. The largest absolute Gasteiger partial charge is 0.496 e. The van der Waals surface area contributed by atoms with Crippen LogP contribution >= 0.6 is 0 Å². The van der Waals surface area contributed by atoms with Gasteiger partial charge in [-0.15, -0.1) is 0 Å². The fourth-order valence-electron chi connectivity index (χ4n) is 3.13. The molecule has 5 nitrogen and oxygen atoms in total. The van der Waals surface area contributed by atoms with E-state index < -0.39 is 0 Å². The Balaban J connectivity index is 1.68. The van der Waals surface area contributed by atoms with Crippen molar-refractivity contribution in [2.45, 2.75) is 32.9 Å². The lowest BCUT2D eigenvalue weighted by Crippen LogP contribution is -2.28. The third-order valence-corrected chi connectivity index (χ3v) is 4.68. The molecule has 5 heteroatoms. The number of imidazole rings is 1. The van der Waals surface area contributed by atoms with E-state index in [1.165, 1.54) is 0 Å². The zero-order valence-electron chi connectivity index (χ0n) is 16.0. The molecule has 0 spiro atoms. The SMILES string of the molecule is CC[C@H](NC(=O)c1ccc(Cn2ccnc2)cc1)c1ccc(OC)c(C)c1. The molecule has 27 heavy (non-hydrogen) atoms. The smallest absolute Gasteiger partial charge is 0.251 e. The molecule has 0 fully saturated rings. The van der Waals surface area contributed by atoms with Crippen LogP contribution in [0.2, 0.25) is 0 Å². The van der Waals surface area contributed by atoms with Gasteiger partial charge >= 0.3 is 0 Å². The van der Waals surface area contributed by atoms with E-state index in [1.54, 1.807) is 19.6 Å². The van der Waals surface area contributed by atoms with Gasteiger partial charge in [0.25, 0.3) is 5.91 Å². The number of methoxy groups -OCH3 is 1. The number of aryl methyl sites for hydroxylation is 1. The molecule has 3 rings (SSSR count). The van der Waals surface area contributed by atoms with E-state index in [-0.39, 0.29) is 11.9 Å². The Kier molecular flexibility index (Phi) is 5.91. The van der Waals surface area contributed by atoms with Gasteiger partial charge in [0.15, 0.2) is 0 Å². The summed E-state index contributed by atoms with van der Waals surface area (Å²) < 4.78 is 7.31. The van der Waals surface area contributed by atoms with E-state index >= 15 is 0 Å². The standard InChI is InChI=1S/C22H25N3O2/c1-4-20(19-9-10-21(27-3)16(2)13-19)24-22(26)18-7-5-17(6-8-18)14-25-12-11-23-15-25/h5-13,15,20H,4,14H2,1-3H3,(H,24,26)/t20-/m0/s1. The molecule has 0 saturated carbocycles. The van der Waals surface area contributed by atoms with Crippen molar-refractivity contribution in [1.82, 2.24) is 14.9 Å². The first-order chi connectivity index (χ1) is 13.1. The summed E-state index contributed by atoms with van der Waals surface area (Å²) in [5.74, 6) is 0.790. The molecule has 140 valence electrons. The molecule has 0 aliphatic rings. The molecule has 0 saturated heterocycles. The Hall–Kier alpha value is -3.08. The number of amides is 1. The summed E-state index contributed by atoms with van der Waals surface area (Å²) in [7, 11) is 1.66. The number of ether oxygens (including phenoxy) is 1. The van der Waals surface area contributed by atoms with Crippen molar-refractivity contribution in [3.63, 3.8) is 0 Å². The third-order valence-electron chi connectivity index (χ3n) is 4.68. The fourth-order valence-corrected chi connectivity index (χ4v) is 3.13. The van der Waals surface area contributed by atoms with Crippen molar-refractivity contribution in [2.24, 2.45) is 0 Å². The second-order valence-corrected chi connectivity index (χ2v) is 6.60. The number of benzene rings is 2. The van der Waals surface area contributed by atoms with Crippen LogP contribution in [0.25, 0.3) is 0 Å². The minimum Gasteiger partial charge on any atom is -0.496 e. The predicted molar refractivity (Wildman–Crippen MR) is 106 cm³/mol. The van der Waals surface area contributed by atoms with Crippen molar-refractivity contribution < 1.29 is 9.53 Å². The molecular formula is C22H25N3O2. The van der Waals surface area contributed by atoms with E-state index in [2.05, 4.69) is 23.3 Å². The summed E-state index contributed by atoms with van der Waals surface area (Å²) in [6, 6.07) is 13.7. The van der Waals surface area contributed by atoms with Crippen LogP contribution in [-0.2, 0) is 6.54 Å². The van der Waals surface area contributed by atoms with Crippen molar-refractivity contribution in [1.29, 1.82) is 0 Å². The number of carbonyl (C=O) groups excluding carboxylic acids is 1. The van der Waals surface area contributed by atoms with Gasteiger partial charge in [0, 0.05) is 24.5 Å². The number of nitrogens with zero attached hydrogens (tertiary/aromatic N) is 2. The van der Waals surface area contributed by atoms with E-state index in [1.807, 2.05) is 54.1 Å². The molecule has 1 atom stereocenters. The normalized spacial score (nSPS) is 11.8. The van der Waals surface area contributed by atoms with Gasteiger partial charge in [-0.2, -0.15) is 0 Å². The third kappa shape index (κ3) is 4.56. The van der Waals surface area contributed by atoms with E-state index in [4.69, 9.17) is 4.74 Å². The van der Waals surface area contributed by atoms with Crippen LogP contribution in [0.1, 0.15) is 46.4 Å². The number of hydrogen-bond acceptors (Lipinski definition) is 3. The van der Waals surface area contributed by atoms with Gasteiger partial charge in [-0.05, 0) is 48.2 Å². The number of rotatable bonds is 7. The minimum atomic E-state index is -0.0653. The lowest BCUT2D eigenvalue weighted by atomic mass is 10.0. The highest BCUT2D eigenvalue weighted by molar-refractivity contribution is 5.94. The average molecular weight is 363 g/mol. The van der Waals surface area contributed by atoms with Crippen molar-refractivity contribution in [3.8, 4) is 5.75 Å². The first kappa shape index (κ1) is 18.7. The second kappa shape index (κ2) is 8.54. The molecule has 0 radical (unpaired) electrons. The van der Waals surface area contributed by atoms with Crippen LogP contribution < -0.4 is 10.1 Å². The van der Waals surface area contributed by atoms with Crippen LogP contribution in [0.3, 0.4) is 0 Å². The van der Waals surface area contributed by atoms with Crippen molar-refractivity contribution in [3.05, 3.63) is 83.4 Å². The minimum absolute atomic E-state index is 0.0345. The maximum Gasteiger partial charge on any atom is 0.251 e. The Morgan fingerprint density at radius 1 is 1.22 bits per heavy atom. The van der Waals surface area contributed by atoms with Crippen LogP contribution in [0.5, 0.6) is 5.75 Å². The summed E-state index contributed by atoms with van der Waals surface area (Å²) in [6.45, 7) is 4.82. The van der Waals surface area contributed by atoms with Crippen LogP contribution in [0.15, 0.2) is 61.2 Å². The Morgan fingerprint density at radius 3 is 2.59 bits per heavy atom. The van der Waals surface area contributed by atoms with Crippen molar-refractivity contribution >= 4 is 5.91 Å². The molecule has 1 aromatic heterocycles. The number of aromatic nitrogens is 2. The highest BCUT2D eigenvalue weighted by Crippen LogP contribution is 2.24. The molecule has 0 aliphatic heterocycles. The lowest BCUT2D eigenvalue weighted by molar-refractivity contribution is 0.0935. The van der Waals surface area contributed by atoms with Gasteiger partial charge < -0.3 is 14.6 Å². The molecule has 0 unspecified atom stereocenters. The van der Waals surface area contributed by atoms with Gasteiger partial charge in [0.05, 0.1) is 19.5 Å². The summed E-state index contributed by atoms with van der Waals surface area (Å²) in [5.41, 5.74) is 3.93. The molecule has 1 N–H and O–H groups in total. The fraction of sp³-hybridized carbons (Fsp3) is 0.273. The molecule has 1 heterocycles. The molecule has 2 aromatic carbocycles. The number of nitrogens with one attached hydrogen (secondary N) is 1. The zero-order valence-corrected chi connectivity index (χ0v) is 16.0. The monoisotopic (exact) mass is 363 g/mol. The van der Waals surface area contributed by atoms with Gasteiger partial charge in [-0.25, -0.2) is 4.98 Å². The van der Waals surface area contributed by atoms with E-state index in [0.29, 0.717) is 5.56 Å². The first-order valence-corrected chi connectivity index (χ1v) is 9.10. The maximum atomic E-state index is 12.7. The van der Waals surface area contributed by atoms with Crippen molar-refractivity contribution in [2.75, 3.05) is 7.11 Å². The maximum absolute atomic E-state index is 12.7. The second-order valence-electron chi connectivity index (χ2n) is 6.60. The van der Waals surface area contributed by atoms with E-state index in [9.17, 15) is 4.79 Å². The van der Waals surface area contributed by atoms with Crippen LogP contribution in [0, 0.1) is 6.92 Å². The first-order valence-electron chi connectivity index (χ1n) is 9.10. The number of carbonyl (C=O) groups is 1. The van der Waals surface area contributed by atoms with Gasteiger partial charge in [0.2, 0.25) is 0 Å². The van der Waals surface area contributed by atoms with E-state index in [0.717, 1.165) is 35.4 Å². The topological polar surface area (TPSA) is 56.2 Å². The number of hydrogen-bond donors (Lipinski definition) is 1. The summed E-state index contributed by atoms with van der Waals surface area (Å²) in [5, 5.41) is 3.13. The van der Waals surface area contributed by atoms with Crippen LogP contribution in [-0.4, -0.2) is 22.6 Å². The van der Waals surface area contributed by atoms with Gasteiger partial charge in [-0.1, -0.05) is 31.2 Å². The summed E-state index contributed by atoms with van der Waals surface area (Å²) >= 11 is 0. The predicted octanol–water partition coefficient (Wildman–Crippen LogP) is 4.13. The quantitative estimate of drug-likeness (QED) is 0.687. The summed E-state index contributed by atoms with van der Waals surface area (Å²) in [6.07, 6.45) is 6.27. The molecule has 3 aromatic rings.